The Morgan fingerprint density at radius 3 is 2.58 bits per heavy atom. The number of fused-ring (bicyclic) bond motifs is 2. The van der Waals surface area contributed by atoms with Crippen molar-refractivity contribution in [2.45, 2.75) is 26.3 Å². The van der Waals surface area contributed by atoms with Gasteiger partial charge in [0.05, 0.1) is 23.5 Å². The lowest BCUT2D eigenvalue weighted by atomic mass is 10.0. The first-order valence-electron chi connectivity index (χ1n) is 10.1. The Bertz CT molecular complexity index is 1580. The van der Waals surface area contributed by atoms with Gasteiger partial charge in [0.15, 0.2) is 0 Å². The number of benzene rings is 1. The zero-order valence-corrected chi connectivity index (χ0v) is 19.6. The van der Waals surface area contributed by atoms with Gasteiger partial charge in [-0.1, -0.05) is 31.5 Å². The zero-order valence-electron chi connectivity index (χ0n) is 18.1. The van der Waals surface area contributed by atoms with Crippen LogP contribution in [-0.2, 0) is 10.1 Å². The molecule has 0 aliphatic carbocycles. The third-order valence-electron chi connectivity index (χ3n) is 5.05. The second kappa shape index (κ2) is 8.60. The molecule has 0 aliphatic rings. The molecule has 0 amide bonds. The Balaban J connectivity index is 2.13. The van der Waals surface area contributed by atoms with E-state index < -0.39 is 33.0 Å². The molecule has 0 bridgehead atoms. The second-order valence-electron chi connectivity index (χ2n) is 8.14. The summed E-state index contributed by atoms with van der Waals surface area (Å²) >= 11 is 6.05. The molecule has 0 spiro atoms. The standard InChI is InChI=1S/C22H21ClN4O5S/c1-12(2)10-17(15-6-4-5-9-24-15)27-22(29)18-19(21(26-27)32-33(3,30)31)25-16-11-13(23)7-8-14(16)20(18)28/h4-9,11-12,17H,10H2,1-3H3,(H,25,28). The van der Waals surface area contributed by atoms with Gasteiger partial charge in [-0.25, -0.2) is 4.68 Å². The number of aromatic amines is 1. The Morgan fingerprint density at radius 1 is 1.18 bits per heavy atom. The molecule has 1 N–H and O–H groups in total. The molecule has 9 nitrogen and oxygen atoms in total. The van der Waals surface area contributed by atoms with E-state index in [-0.39, 0.29) is 22.2 Å². The third-order valence-corrected chi connectivity index (χ3v) is 5.74. The van der Waals surface area contributed by atoms with Crippen LogP contribution in [0, 0.1) is 5.92 Å². The molecule has 0 saturated heterocycles. The molecule has 3 heterocycles. The van der Waals surface area contributed by atoms with E-state index in [0.717, 1.165) is 10.9 Å². The Morgan fingerprint density at radius 2 is 1.94 bits per heavy atom. The molecule has 3 aromatic heterocycles. The minimum absolute atomic E-state index is 0.120. The van der Waals surface area contributed by atoms with Gasteiger partial charge in [-0.05, 0) is 42.7 Å². The summed E-state index contributed by atoms with van der Waals surface area (Å²) in [5.74, 6) is -0.270. The maximum atomic E-state index is 13.6. The van der Waals surface area contributed by atoms with Crippen LogP contribution in [0.1, 0.15) is 32.0 Å². The van der Waals surface area contributed by atoms with Crippen LogP contribution in [0.25, 0.3) is 21.8 Å². The lowest BCUT2D eigenvalue weighted by Gasteiger charge is -2.21. The lowest BCUT2D eigenvalue weighted by molar-refractivity contribution is 0.385. The molecule has 172 valence electrons. The van der Waals surface area contributed by atoms with Crippen molar-refractivity contribution in [1.29, 1.82) is 0 Å². The van der Waals surface area contributed by atoms with Gasteiger partial charge in [-0.15, -0.1) is 5.10 Å². The van der Waals surface area contributed by atoms with E-state index >= 15 is 0 Å². The molecule has 1 atom stereocenters. The molecule has 0 radical (unpaired) electrons. The monoisotopic (exact) mass is 488 g/mol. The molecule has 4 aromatic rings. The summed E-state index contributed by atoms with van der Waals surface area (Å²) in [5.41, 5.74) is -0.513. The molecule has 4 rings (SSSR count). The number of H-pyrrole nitrogens is 1. The predicted molar refractivity (Wildman–Crippen MR) is 126 cm³/mol. The van der Waals surface area contributed by atoms with Crippen molar-refractivity contribution in [1.82, 2.24) is 19.7 Å². The van der Waals surface area contributed by atoms with Crippen molar-refractivity contribution in [3.05, 3.63) is 73.9 Å². The van der Waals surface area contributed by atoms with E-state index in [4.69, 9.17) is 15.8 Å². The van der Waals surface area contributed by atoms with Crippen molar-refractivity contribution >= 4 is 43.5 Å². The largest absolute Gasteiger partial charge is 0.358 e. The van der Waals surface area contributed by atoms with Crippen molar-refractivity contribution in [3.8, 4) is 5.88 Å². The lowest BCUT2D eigenvalue weighted by Crippen LogP contribution is -2.33. The topological polar surface area (TPSA) is 124 Å². The SMILES string of the molecule is CC(C)CC(c1ccccn1)n1nc(OS(C)(=O)=O)c2[nH]c3cc(Cl)ccc3c(=O)c2c1=O. The van der Waals surface area contributed by atoms with Crippen molar-refractivity contribution in [2.75, 3.05) is 6.26 Å². The van der Waals surface area contributed by atoms with Crippen molar-refractivity contribution in [2.24, 2.45) is 5.92 Å². The summed E-state index contributed by atoms with van der Waals surface area (Å²) in [4.78, 5) is 34.2. The van der Waals surface area contributed by atoms with E-state index in [2.05, 4.69) is 15.1 Å². The fraction of sp³-hybridized carbons (Fsp3) is 0.273. The van der Waals surface area contributed by atoms with Crippen LogP contribution < -0.4 is 15.2 Å². The smallest absolute Gasteiger partial charge is 0.307 e. The summed E-state index contributed by atoms with van der Waals surface area (Å²) in [6.07, 6.45) is 2.91. The first-order valence-corrected chi connectivity index (χ1v) is 12.3. The summed E-state index contributed by atoms with van der Waals surface area (Å²) in [6.45, 7) is 3.94. The highest BCUT2D eigenvalue weighted by Gasteiger charge is 2.26. The van der Waals surface area contributed by atoms with Gasteiger partial charge < -0.3 is 9.17 Å². The van der Waals surface area contributed by atoms with E-state index in [1.54, 1.807) is 24.4 Å². The second-order valence-corrected chi connectivity index (χ2v) is 10.1. The molecule has 11 heteroatoms. The third kappa shape index (κ3) is 4.62. The number of hydrogen-bond donors (Lipinski definition) is 1. The van der Waals surface area contributed by atoms with Crippen LogP contribution in [0.2, 0.25) is 5.02 Å². The van der Waals surface area contributed by atoms with Gasteiger partial charge in [-0.3, -0.25) is 14.6 Å². The van der Waals surface area contributed by atoms with Gasteiger partial charge >= 0.3 is 10.1 Å². The van der Waals surface area contributed by atoms with Crippen LogP contribution in [-0.4, -0.2) is 34.4 Å². The maximum Gasteiger partial charge on any atom is 0.307 e. The average Bonchev–Trinajstić information content (AvgIpc) is 2.73. The highest BCUT2D eigenvalue weighted by molar-refractivity contribution is 7.86. The molecule has 0 fully saturated rings. The highest BCUT2D eigenvalue weighted by atomic mass is 35.5. The van der Waals surface area contributed by atoms with Crippen LogP contribution in [0.4, 0.5) is 0 Å². The number of halogens is 1. The number of aromatic nitrogens is 4. The summed E-state index contributed by atoms with van der Waals surface area (Å²) in [5, 5.41) is 4.57. The predicted octanol–water partition coefficient (Wildman–Crippen LogP) is 3.26. The number of nitrogens with zero attached hydrogens (tertiary/aromatic N) is 3. The zero-order chi connectivity index (χ0) is 23.9. The minimum atomic E-state index is -4.03. The number of pyridine rings is 2. The molecular formula is C22H21ClN4O5S. The van der Waals surface area contributed by atoms with E-state index in [1.807, 2.05) is 13.8 Å². The first kappa shape index (κ1) is 22.9. The van der Waals surface area contributed by atoms with Crippen LogP contribution in [0.3, 0.4) is 0 Å². The van der Waals surface area contributed by atoms with Gasteiger partial charge in [0.25, 0.3) is 11.4 Å². The summed E-state index contributed by atoms with van der Waals surface area (Å²) in [6, 6.07) is 9.16. The number of hydrogen-bond acceptors (Lipinski definition) is 7. The Hall–Kier alpha value is -3.24. The summed E-state index contributed by atoms with van der Waals surface area (Å²) < 4.78 is 30.2. The highest BCUT2D eigenvalue weighted by Crippen LogP contribution is 2.27. The first-order chi connectivity index (χ1) is 15.5. The molecule has 0 saturated carbocycles. The molecule has 1 unspecified atom stereocenters. The fourth-order valence-electron chi connectivity index (χ4n) is 3.71. The van der Waals surface area contributed by atoms with Crippen molar-refractivity contribution in [3.63, 3.8) is 0 Å². The number of nitrogens with one attached hydrogen (secondary N) is 1. The van der Waals surface area contributed by atoms with Crippen LogP contribution in [0.5, 0.6) is 5.88 Å². The minimum Gasteiger partial charge on any atom is -0.358 e. The van der Waals surface area contributed by atoms with E-state index in [9.17, 15) is 18.0 Å². The van der Waals surface area contributed by atoms with Crippen LogP contribution in [0.15, 0.2) is 52.2 Å². The average molecular weight is 489 g/mol. The Kier molecular flexibility index (Phi) is 5.98. The summed E-state index contributed by atoms with van der Waals surface area (Å²) in [7, 11) is -4.03. The molecule has 33 heavy (non-hydrogen) atoms. The molecule has 1 aromatic carbocycles. The maximum absolute atomic E-state index is 13.6. The van der Waals surface area contributed by atoms with Crippen molar-refractivity contribution < 1.29 is 12.6 Å². The Labute approximate surface area is 194 Å². The van der Waals surface area contributed by atoms with Gasteiger partial charge in [0.1, 0.15) is 10.9 Å². The fourth-order valence-corrected chi connectivity index (χ4v) is 4.29. The molecule has 0 aliphatic heterocycles. The van der Waals surface area contributed by atoms with Crippen LogP contribution >= 0.6 is 11.6 Å². The van der Waals surface area contributed by atoms with Gasteiger partial charge in [0, 0.05) is 16.6 Å². The van der Waals surface area contributed by atoms with Gasteiger partial charge in [-0.2, -0.15) is 8.42 Å². The number of rotatable bonds is 6. The van der Waals surface area contributed by atoms with E-state index in [0.29, 0.717) is 22.7 Å². The van der Waals surface area contributed by atoms with Gasteiger partial charge in [0.2, 0.25) is 5.43 Å². The normalized spacial score (nSPS) is 13.0. The molecular weight excluding hydrogens is 468 g/mol. The quantitative estimate of drug-likeness (QED) is 0.326. The van der Waals surface area contributed by atoms with E-state index in [1.165, 1.54) is 18.2 Å².